The molecule has 1 rings (SSSR count). The molecule has 0 atom stereocenters. The topological polar surface area (TPSA) is 62.7 Å². The minimum atomic E-state index is 0.488. The van der Waals surface area contributed by atoms with Crippen LogP contribution in [0.3, 0.4) is 0 Å². The minimum absolute atomic E-state index is 0.488. The van der Waals surface area contributed by atoms with E-state index in [2.05, 4.69) is 24.9 Å². The normalized spacial score (nSPS) is 10.2. The van der Waals surface area contributed by atoms with Crippen LogP contribution in [0.4, 0.5) is 5.13 Å². The molecule has 12 heavy (non-hydrogen) atoms. The van der Waals surface area contributed by atoms with Gasteiger partial charge in [-0.1, -0.05) is 25.2 Å². The molecule has 1 aromatic heterocycles. The van der Waals surface area contributed by atoms with Crippen LogP contribution in [0.2, 0.25) is 0 Å². The zero-order valence-corrected chi connectivity index (χ0v) is 7.98. The van der Waals surface area contributed by atoms with Gasteiger partial charge in [0.25, 0.3) is 0 Å². The number of nitrogens with zero attached hydrogens (tertiary/aromatic N) is 2. The van der Waals surface area contributed by atoms with Gasteiger partial charge in [-0.25, -0.2) is 4.98 Å². The van der Waals surface area contributed by atoms with E-state index < -0.39 is 0 Å². The Kier molecular flexibility index (Phi) is 2.66. The lowest BCUT2D eigenvalue weighted by Crippen LogP contribution is -1.96. The van der Waals surface area contributed by atoms with Gasteiger partial charge in [-0.05, 0) is 12.3 Å². The Hall–Kier alpha value is -1.08. The summed E-state index contributed by atoms with van der Waals surface area (Å²) >= 11 is 1.26. The largest absolute Gasteiger partial charge is 0.375 e. The minimum Gasteiger partial charge on any atom is -0.375 e. The third-order valence-electron chi connectivity index (χ3n) is 1.42. The van der Waals surface area contributed by atoms with E-state index in [0.29, 0.717) is 15.9 Å². The molecule has 2 N–H and O–H groups in total. The first-order valence-electron chi connectivity index (χ1n) is 3.78. The van der Waals surface area contributed by atoms with Gasteiger partial charge < -0.3 is 5.73 Å². The van der Waals surface area contributed by atoms with E-state index in [9.17, 15) is 0 Å². The third-order valence-corrected chi connectivity index (χ3v) is 2.25. The Labute approximate surface area is 75.8 Å². The van der Waals surface area contributed by atoms with Gasteiger partial charge in [0, 0.05) is 0 Å². The number of hydrogen-bond acceptors (Lipinski definition) is 4. The number of aromatic nitrogens is 1. The molecule has 3 nitrogen and oxygen atoms in total. The maximum atomic E-state index is 8.71. The van der Waals surface area contributed by atoms with E-state index in [1.807, 2.05) is 0 Å². The zero-order valence-electron chi connectivity index (χ0n) is 7.16. The standard InChI is InChI=1S/C8H11N3S/c1-5(2)3-6-7(4-9)12-8(10)11-6/h5H,3H2,1-2H3,(H2,10,11). The fourth-order valence-electron chi connectivity index (χ4n) is 0.982. The molecule has 0 bridgehead atoms. The van der Waals surface area contributed by atoms with Crippen molar-refractivity contribution in [1.82, 2.24) is 4.98 Å². The third kappa shape index (κ3) is 1.95. The number of nitrogen functional groups attached to an aromatic ring is 1. The molecular formula is C8H11N3S. The van der Waals surface area contributed by atoms with Gasteiger partial charge in [0.05, 0.1) is 5.69 Å². The number of nitriles is 1. The molecular weight excluding hydrogens is 170 g/mol. The number of anilines is 1. The molecule has 0 aromatic carbocycles. The summed E-state index contributed by atoms with van der Waals surface area (Å²) in [5, 5.41) is 9.20. The Bertz CT molecular complexity index is 309. The molecule has 1 aromatic rings. The smallest absolute Gasteiger partial charge is 0.181 e. The second kappa shape index (κ2) is 3.55. The molecule has 0 unspecified atom stereocenters. The van der Waals surface area contributed by atoms with Gasteiger partial charge in [-0.3, -0.25) is 0 Å². The highest BCUT2D eigenvalue weighted by molar-refractivity contribution is 7.16. The predicted molar refractivity (Wildman–Crippen MR) is 49.8 cm³/mol. The van der Waals surface area contributed by atoms with Crippen molar-refractivity contribution in [3.8, 4) is 6.07 Å². The van der Waals surface area contributed by atoms with Crippen LogP contribution in [0.1, 0.15) is 24.4 Å². The van der Waals surface area contributed by atoms with Gasteiger partial charge >= 0.3 is 0 Å². The molecule has 0 aliphatic rings. The summed E-state index contributed by atoms with van der Waals surface area (Å²) in [6, 6.07) is 2.10. The van der Waals surface area contributed by atoms with E-state index in [1.165, 1.54) is 11.3 Å². The summed E-state index contributed by atoms with van der Waals surface area (Å²) < 4.78 is 0. The van der Waals surface area contributed by atoms with Crippen LogP contribution in [-0.2, 0) is 6.42 Å². The highest BCUT2D eigenvalue weighted by Crippen LogP contribution is 2.21. The summed E-state index contributed by atoms with van der Waals surface area (Å²) in [4.78, 5) is 4.75. The Morgan fingerprint density at radius 2 is 2.33 bits per heavy atom. The average molecular weight is 181 g/mol. The van der Waals surface area contributed by atoms with E-state index >= 15 is 0 Å². The first kappa shape index (κ1) is 9.01. The fraction of sp³-hybridized carbons (Fsp3) is 0.500. The van der Waals surface area contributed by atoms with Crippen molar-refractivity contribution in [3.05, 3.63) is 10.6 Å². The highest BCUT2D eigenvalue weighted by Gasteiger charge is 2.09. The van der Waals surface area contributed by atoms with Gasteiger partial charge in [-0.2, -0.15) is 5.26 Å². The van der Waals surface area contributed by atoms with Crippen molar-refractivity contribution >= 4 is 16.5 Å². The van der Waals surface area contributed by atoms with Crippen LogP contribution in [0.25, 0.3) is 0 Å². The maximum absolute atomic E-state index is 8.71. The summed E-state index contributed by atoms with van der Waals surface area (Å²) in [7, 11) is 0. The molecule has 0 radical (unpaired) electrons. The van der Waals surface area contributed by atoms with Gasteiger partial charge in [0.2, 0.25) is 0 Å². The first-order valence-corrected chi connectivity index (χ1v) is 4.60. The SMILES string of the molecule is CC(C)Cc1nc(N)sc1C#N. The van der Waals surface area contributed by atoms with Crippen molar-refractivity contribution in [1.29, 1.82) is 5.26 Å². The van der Waals surface area contributed by atoms with Gasteiger partial charge in [-0.15, -0.1) is 0 Å². The van der Waals surface area contributed by atoms with Crippen molar-refractivity contribution in [2.75, 3.05) is 5.73 Å². The molecule has 0 aliphatic heterocycles. The maximum Gasteiger partial charge on any atom is 0.181 e. The summed E-state index contributed by atoms with van der Waals surface area (Å²) in [6.07, 6.45) is 0.830. The average Bonchev–Trinajstić information content (AvgIpc) is 2.29. The molecule has 0 aliphatic carbocycles. The molecule has 0 saturated carbocycles. The van der Waals surface area contributed by atoms with Gasteiger partial charge in [0.1, 0.15) is 10.9 Å². The van der Waals surface area contributed by atoms with Crippen LogP contribution < -0.4 is 5.73 Å². The lowest BCUT2D eigenvalue weighted by molar-refractivity contribution is 0.637. The molecule has 4 heteroatoms. The zero-order chi connectivity index (χ0) is 9.14. The Morgan fingerprint density at radius 3 is 2.83 bits per heavy atom. The predicted octanol–water partition coefficient (Wildman–Crippen LogP) is 1.80. The van der Waals surface area contributed by atoms with E-state index in [1.54, 1.807) is 0 Å². The van der Waals surface area contributed by atoms with Crippen LogP contribution in [-0.4, -0.2) is 4.98 Å². The number of rotatable bonds is 2. The summed E-state index contributed by atoms with van der Waals surface area (Å²) in [5.74, 6) is 0.513. The van der Waals surface area contributed by atoms with E-state index in [4.69, 9.17) is 11.0 Å². The van der Waals surface area contributed by atoms with Crippen molar-refractivity contribution in [2.24, 2.45) is 5.92 Å². The van der Waals surface area contributed by atoms with Gasteiger partial charge in [0.15, 0.2) is 5.13 Å². The highest BCUT2D eigenvalue weighted by atomic mass is 32.1. The summed E-state index contributed by atoms with van der Waals surface area (Å²) in [6.45, 7) is 4.19. The number of thiazole rings is 1. The molecule has 0 fully saturated rings. The van der Waals surface area contributed by atoms with E-state index in [0.717, 1.165) is 12.1 Å². The second-order valence-corrected chi connectivity index (χ2v) is 4.07. The lowest BCUT2D eigenvalue weighted by Gasteiger charge is -1.99. The van der Waals surface area contributed by atoms with Crippen LogP contribution in [0, 0.1) is 17.2 Å². The number of hydrogen-bond donors (Lipinski definition) is 1. The molecule has 0 saturated heterocycles. The second-order valence-electron chi connectivity index (χ2n) is 3.04. The van der Waals surface area contributed by atoms with Crippen LogP contribution >= 0.6 is 11.3 Å². The molecule has 0 amide bonds. The van der Waals surface area contributed by atoms with E-state index in [-0.39, 0.29) is 0 Å². The molecule has 0 spiro atoms. The molecule has 64 valence electrons. The van der Waals surface area contributed by atoms with Crippen molar-refractivity contribution < 1.29 is 0 Å². The van der Waals surface area contributed by atoms with Crippen LogP contribution in [0.15, 0.2) is 0 Å². The van der Waals surface area contributed by atoms with Crippen molar-refractivity contribution in [2.45, 2.75) is 20.3 Å². The lowest BCUT2D eigenvalue weighted by atomic mass is 10.1. The molecule has 1 heterocycles. The first-order chi connectivity index (χ1) is 5.63. The fourth-order valence-corrected chi connectivity index (χ4v) is 1.64. The Balaban J connectivity index is 2.91. The monoisotopic (exact) mass is 181 g/mol. The number of nitrogens with two attached hydrogens (primary N) is 1. The van der Waals surface area contributed by atoms with Crippen molar-refractivity contribution in [3.63, 3.8) is 0 Å². The summed E-state index contributed by atoms with van der Waals surface area (Å²) in [5.41, 5.74) is 6.33. The Morgan fingerprint density at radius 1 is 1.67 bits per heavy atom. The quantitative estimate of drug-likeness (QED) is 0.756. The van der Waals surface area contributed by atoms with Crippen LogP contribution in [0.5, 0.6) is 0 Å².